The van der Waals surface area contributed by atoms with Crippen molar-refractivity contribution in [2.45, 2.75) is 12.8 Å². The first-order valence-electron chi connectivity index (χ1n) is 8.29. The predicted molar refractivity (Wildman–Crippen MR) is 104 cm³/mol. The fourth-order valence-corrected chi connectivity index (χ4v) is 2.69. The van der Waals surface area contributed by atoms with Gasteiger partial charge in [0.2, 0.25) is 0 Å². The molecule has 3 aromatic rings. The molecule has 0 aliphatic carbocycles. The molecule has 0 saturated carbocycles. The Morgan fingerprint density at radius 1 is 1.12 bits per heavy atom. The smallest absolute Gasteiger partial charge is 0.303 e. The summed E-state index contributed by atoms with van der Waals surface area (Å²) in [5, 5.41) is 10.3. The third kappa shape index (κ3) is 5.07. The number of fused-ring (bicyclic) bond motifs is 1. The molecule has 5 heteroatoms. The maximum Gasteiger partial charge on any atom is 0.303 e. The van der Waals surface area contributed by atoms with Crippen LogP contribution < -0.4 is 4.74 Å². The first-order chi connectivity index (χ1) is 12.6. The predicted octanol–water partition coefficient (Wildman–Crippen LogP) is 5.30. The van der Waals surface area contributed by atoms with E-state index in [2.05, 4.69) is 4.98 Å². The van der Waals surface area contributed by atoms with Gasteiger partial charge in [-0.25, -0.2) is 4.98 Å². The maximum atomic E-state index is 10.5. The number of rotatable bonds is 7. The third-order valence-corrected chi connectivity index (χ3v) is 4.02. The molecule has 1 aromatic heterocycles. The number of ether oxygens (including phenoxy) is 1. The van der Waals surface area contributed by atoms with Gasteiger partial charge < -0.3 is 9.84 Å². The van der Waals surface area contributed by atoms with Gasteiger partial charge in [-0.1, -0.05) is 35.9 Å². The minimum absolute atomic E-state index is 0.110. The Bertz CT molecular complexity index is 953. The Morgan fingerprint density at radius 3 is 2.85 bits per heavy atom. The van der Waals surface area contributed by atoms with Crippen molar-refractivity contribution in [3.63, 3.8) is 0 Å². The summed E-state index contributed by atoms with van der Waals surface area (Å²) in [7, 11) is 0. The molecule has 0 saturated heterocycles. The fourth-order valence-electron chi connectivity index (χ4n) is 2.51. The molecule has 2 aromatic carbocycles. The van der Waals surface area contributed by atoms with E-state index in [0.29, 0.717) is 18.1 Å². The lowest BCUT2D eigenvalue weighted by atomic mass is 10.1. The van der Waals surface area contributed by atoms with E-state index in [1.165, 1.54) is 0 Å². The van der Waals surface area contributed by atoms with Crippen LogP contribution in [0.25, 0.3) is 23.1 Å². The summed E-state index contributed by atoms with van der Waals surface area (Å²) in [4.78, 5) is 15.1. The highest BCUT2D eigenvalue weighted by molar-refractivity contribution is 6.31. The van der Waals surface area contributed by atoms with Gasteiger partial charge in [0, 0.05) is 16.8 Å². The first kappa shape index (κ1) is 18.0. The molecular weight excluding hydrogens is 350 g/mol. The standard InChI is InChI=1S/C21H18ClNO3/c22-17-8-11-20-16(14-17)7-10-18(23-20)9-6-15-3-1-4-19(13-15)26-12-2-5-21(24)25/h1,3-4,6-11,13-14H,2,5,12H2,(H,24,25)/b9-6+. The second-order valence-electron chi connectivity index (χ2n) is 5.82. The summed E-state index contributed by atoms with van der Waals surface area (Å²) >= 11 is 5.99. The molecule has 0 unspecified atom stereocenters. The SMILES string of the molecule is O=C(O)CCCOc1cccc(/C=C/c2ccc3cc(Cl)ccc3n2)c1. The minimum atomic E-state index is -0.810. The molecule has 0 bridgehead atoms. The van der Waals surface area contributed by atoms with Gasteiger partial charge in [-0.2, -0.15) is 0 Å². The molecule has 0 radical (unpaired) electrons. The second kappa shape index (κ2) is 8.50. The van der Waals surface area contributed by atoms with Crippen molar-refractivity contribution >= 4 is 40.6 Å². The van der Waals surface area contributed by atoms with Gasteiger partial charge in [0.15, 0.2) is 0 Å². The molecule has 26 heavy (non-hydrogen) atoms. The number of hydrogen-bond donors (Lipinski definition) is 1. The first-order valence-corrected chi connectivity index (χ1v) is 8.67. The number of pyridine rings is 1. The Kier molecular flexibility index (Phi) is 5.87. The Hall–Kier alpha value is -2.85. The fraction of sp³-hybridized carbons (Fsp3) is 0.143. The summed E-state index contributed by atoms with van der Waals surface area (Å²) in [6.07, 6.45) is 4.50. The Morgan fingerprint density at radius 2 is 2.00 bits per heavy atom. The number of carbonyl (C=O) groups is 1. The van der Waals surface area contributed by atoms with E-state index in [1.54, 1.807) is 0 Å². The summed E-state index contributed by atoms with van der Waals surface area (Å²) in [5.41, 5.74) is 2.73. The zero-order valence-electron chi connectivity index (χ0n) is 14.1. The van der Waals surface area contributed by atoms with Crippen LogP contribution in [0, 0.1) is 0 Å². The van der Waals surface area contributed by atoms with Gasteiger partial charge in [-0.3, -0.25) is 4.79 Å². The Labute approximate surface area is 156 Å². The van der Waals surface area contributed by atoms with Gasteiger partial charge in [-0.05, 0) is 54.5 Å². The van der Waals surface area contributed by atoms with Crippen LogP contribution in [0.3, 0.4) is 0 Å². The second-order valence-corrected chi connectivity index (χ2v) is 6.26. The van der Waals surface area contributed by atoms with E-state index in [4.69, 9.17) is 21.4 Å². The van der Waals surface area contributed by atoms with Crippen LogP contribution in [-0.4, -0.2) is 22.7 Å². The van der Waals surface area contributed by atoms with Crippen molar-refractivity contribution in [1.29, 1.82) is 0 Å². The summed E-state index contributed by atoms with van der Waals surface area (Å²) < 4.78 is 5.59. The molecular formula is C21H18ClNO3. The molecule has 0 spiro atoms. The third-order valence-electron chi connectivity index (χ3n) is 3.78. The molecule has 4 nitrogen and oxygen atoms in total. The van der Waals surface area contributed by atoms with Crippen molar-refractivity contribution in [3.8, 4) is 5.75 Å². The van der Waals surface area contributed by atoms with Gasteiger partial charge in [-0.15, -0.1) is 0 Å². The quantitative estimate of drug-likeness (QED) is 0.575. The topological polar surface area (TPSA) is 59.4 Å². The van der Waals surface area contributed by atoms with E-state index < -0.39 is 5.97 Å². The molecule has 0 aliphatic heterocycles. The molecule has 132 valence electrons. The molecule has 0 amide bonds. The number of benzene rings is 2. The van der Waals surface area contributed by atoms with Crippen molar-refractivity contribution in [3.05, 3.63) is 70.9 Å². The van der Waals surface area contributed by atoms with Crippen LogP contribution >= 0.6 is 11.6 Å². The van der Waals surface area contributed by atoms with E-state index in [9.17, 15) is 4.79 Å². The number of halogens is 1. The molecule has 1 N–H and O–H groups in total. The van der Waals surface area contributed by atoms with Gasteiger partial charge >= 0.3 is 5.97 Å². The van der Waals surface area contributed by atoms with Crippen LogP contribution in [-0.2, 0) is 4.79 Å². The number of nitrogens with zero attached hydrogens (tertiary/aromatic N) is 1. The van der Waals surface area contributed by atoms with Crippen molar-refractivity contribution in [1.82, 2.24) is 4.98 Å². The molecule has 0 atom stereocenters. The number of aliphatic carboxylic acids is 1. The van der Waals surface area contributed by atoms with E-state index in [-0.39, 0.29) is 6.42 Å². The van der Waals surface area contributed by atoms with Crippen LogP contribution in [0.15, 0.2) is 54.6 Å². The van der Waals surface area contributed by atoms with Crippen LogP contribution in [0.1, 0.15) is 24.1 Å². The highest BCUT2D eigenvalue weighted by Gasteiger charge is 2.00. The van der Waals surface area contributed by atoms with E-state index in [1.807, 2.05) is 66.7 Å². The van der Waals surface area contributed by atoms with E-state index >= 15 is 0 Å². The summed E-state index contributed by atoms with van der Waals surface area (Å²) in [6, 6.07) is 17.2. The lowest BCUT2D eigenvalue weighted by Crippen LogP contribution is -2.02. The van der Waals surface area contributed by atoms with Crippen LogP contribution in [0.2, 0.25) is 5.02 Å². The molecule has 1 heterocycles. The average Bonchev–Trinajstić information content (AvgIpc) is 2.64. The van der Waals surface area contributed by atoms with Crippen molar-refractivity contribution in [2.75, 3.05) is 6.61 Å². The Balaban J connectivity index is 1.67. The number of carboxylic acid groups (broad SMARTS) is 1. The normalized spacial score (nSPS) is 11.1. The summed E-state index contributed by atoms with van der Waals surface area (Å²) in [6.45, 7) is 0.383. The highest BCUT2D eigenvalue weighted by atomic mass is 35.5. The number of carboxylic acids is 1. The summed E-state index contributed by atoms with van der Waals surface area (Å²) in [5.74, 6) is -0.0888. The zero-order valence-corrected chi connectivity index (χ0v) is 14.8. The monoisotopic (exact) mass is 367 g/mol. The minimum Gasteiger partial charge on any atom is -0.494 e. The van der Waals surface area contributed by atoms with Gasteiger partial charge in [0.25, 0.3) is 0 Å². The average molecular weight is 368 g/mol. The van der Waals surface area contributed by atoms with Crippen LogP contribution in [0.4, 0.5) is 0 Å². The zero-order chi connectivity index (χ0) is 18.4. The molecule has 3 rings (SSSR count). The molecule has 0 fully saturated rings. The van der Waals surface area contributed by atoms with E-state index in [0.717, 1.165) is 27.9 Å². The highest BCUT2D eigenvalue weighted by Crippen LogP contribution is 2.20. The van der Waals surface area contributed by atoms with Crippen LogP contribution in [0.5, 0.6) is 5.75 Å². The maximum absolute atomic E-state index is 10.5. The van der Waals surface area contributed by atoms with Crippen molar-refractivity contribution < 1.29 is 14.6 Å². The number of hydrogen-bond acceptors (Lipinski definition) is 3. The van der Waals surface area contributed by atoms with Gasteiger partial charge in [0.05, 0.1) is 17.8 Å². The lowest BCUT2D eigenvalue weighted by molar-refractivity contribution is -0.137. The molecule has 0 aliphatic rings. The lowest BCUT2D eigenvalue weighted by Gasteiger charge is -2.06. The number of aromatic nitrogens is 1. The largest absolute Gasteiger partial charge is 0.494 e. The van der Waals surface area contributed by atoms with Gasteiger partial charge in [0.1, 0.15) is 5.75 Å². The van der Waals surface area contributed by atoms with Crippen molar-refractivity contribution in [2.24, 2.45) is 0 Å².